The zero-order chi connectivity index (χ0) is 19.9. The maximum atomic E-state index is 12.9. The van der Waals surface area contributed by atoms with E-state index in [9.17, 15) is 4.79 Å². The van der Waals surface area contributed by atoms with Gasteiger partial charge in [-0.15, -0.1) is 0 Å². The predicted molar refractivity (Wildman–Crippen MR) is 104 cm³/mol. The first kappa shape index (κ1) is 19.2. The van der Waals surface area contributed by atoms with E-state index in [1.165, 1.54) is 20.3 Å². The third-order valence-electron chi connectivity index (χ3n) is 4.14. The van der Waals surface area contributed by atoms with E-state index in [-0.39, 0.29) is 23.5 Å². The Bertz CT molecular complexity index is 925. The second-order valence-corrected chi connectivity index (χ2v) is 5.88. The molecule has 1 unspecified atom stereocenters. The van der Waals surface area contributed by atoms with Gasteiger partial charge in [0.1, 0.15) is 11.4 Å². The van der Waals surface area contributed by atoms with E-state index >= 15 is 0 Å². The highest BCUT2D eigenvalue weighted by atomic mass is 16.5. The monoisotopic (exact) mass is 379 g/mol. The number of carbonyl (C=O) groups is 1. The van der Waals surface area contributed by atoms with Crippen molar-refractivity contribution in [3.05, 3.63) is 77.5 Å². The fourth-order valence-corrected chi connectivity index (χ4v) is 2.75. The Morgan fingerprint density at radius 3 is 2.29 bits per heavy atom. The molecule has 3 aromatic rings. The summed E-state index contributed by atoms with van der Waals surface area (Å²) in [5.74, 6) is 0.573. The number of benzene rings is 2. The lowest BCUT2D eigenvalue weighted by Crippen LogP contribution is -2.30. The van der Waals surface area contributed by atoms with Crippen molar-refractivity contribution in [2.45, 2.75) is 6.04 Å². The summed E-state index contributed by atoms with van der Waals surface area (Å²) >= 11 is 0. The van der Waals surface area contributed by atoms with Gasteiger partial charge in [-0.3, -0.25) is 4.79 Å². The molecule has 0 aliphatic heterocycles. The maximum Gasteiger partial charge on any atom is 0.320 e. The fraction of sp³-hybridized carbons (Fsp3) is 0.190. The minimum absolute atomic E-state index is 0.0575. The molecular formula is C21H21N3O4. The molecule has 3 rings (SSSR count). The molecule has 0 radical (unpaired) electrons. The third kappa shape index (κ3) is 4.37. The molecule has 1 N–H and O–H groups in total. The number of amides is 1. The number of methoxy groups -OCH3 is 3. The molecule has 7 heteroatoms. The molecule has 28 heavy (non-hydrogen) atoms. The third-order valence-corrected chi connectivity index (χ3v) is 4.14. The maximum absolute atomic E-state index is 12.9. The molecule has 0 saturated heterocycles. The van der Waals surface area contributed by atoms with Gasteiger partial charge in [0.2, 0.25) is 5.88 Å². The topological polar surface area (TPSA) is 82.6 Å². The number of ether oxygens (including phenoxy) is 3. The average molecular weight is 379 g/mol. The largest absolute Gasteiger partial charge is 0.497 e. The lowest BCUT2D eigenvalue weighted by atomic mass is 9.98. The molecule has 1 heterocycles. The highest BCUT2D eigenvalue weighted by Gasteiger charge is 2.20. The Hall–Kier alpha value is -3.61. The number of rotatable bonds is 7. The van der Waals surface area contributed by atoms with Gasteiger partial charge >= 0.3 is 6.01 Å². The Morgan fingerprint density at radius 1 is 0.857 bits per heavy atom. The van der Waals surface area contributed by atoms with Gasteiger partial charge in [-0.25, -0.2) is 0 Å². The molecule has 0 spiro atoms. The Labute approximate surface area is 163 Å². The molecule has 1 atom stereocenters. The highest BCUT2D eigenvalue weighted by molar-refractivity contribution is 5.93. The van der Waals surface area contributed by atoms with Gasteiger partial charge in [-0.05, 0) is 23.3 Å². The van der Waals surface area contributed by atoms with Crippen LogP contribution in [0.1, 0.15) is 27.7 Å². The number of nitrogens with one attached hydrogen (secondary N) is 1. The van der Waals surface area contributed by atoms with Gasteiger partial charge in [0, 0.05) is 6.07 Å². The smallest absolute Gasteiger partial charge is 0.320 e. The average Bonchev–Trinajstić information content (AvgIpc) is 2.77. The highest BCUT2D eigenvalue weighted by Crippen LogP contribution is 2.26. The van der Waals surface area contributed by atoms with Crippen LogP contribution in [0.3, 0.4) is 0 Å². The first-order valence-corrected chi connectivity index (χ1v) is 8.61. The Balaban J connectivity index is 1.97. The summed E-state index contributed by atoms with van der Waals surface area (Å²) < 4.78 is 15.5. The van der Waals surface area contributed by atoms with Crippen molar-refractivity contribution in [1.82, 2.24) is 15.3 Å². The van der Waals surface area contributed by atoms with E-state index in [1.807, 2.05) is 54.6 Å². The molecule has 0 aliphatic rings. The van der Waals surface area contributed by atoms with Crippen molar-refractivity contribution >= 4 is 5.91 Å². The number of nitrogens with zero attached hydrogens (tertiary/aromatic N) is 2. The Kier molecular flexibility index (Phi) is 6.06. The number of aromatic nitrogens is 2. The van der Waals surface area contributed by atoms with Crippen LogP contribution in [-0.4, -0.2) is 37.2 Å². The van der Waals surface area contributed by atoms with E-state index < -0.39 is 6.04 Å². The molecule has 1 aromatic heterocycles. The van der Waals surface area contributed by atoms with Crippen molar-refractivity contribution < 1.29 is 19.0 Å². The summed E-state index contributed by atoms with van der Waals surface area (Å²) in [6.07, 6.45) is 0. The first-order chi connectivity index (χ1) is 13.6. The first-order valence-electron chi connectivity index (χ1n) is 8.61. The molecule has 0 saturated carbocycles. The summed E-state index contributed by atoms with van der Waals surface area (Å²) in [4.78, 5) is 21.1. The molecular weight excluding hydrogens is 358 g/mol. The van der Waals surface area contributed by atoms with Crippen LogP contribution < -0.4 is 19.5 Å². The van der Waals surface area contributed by atoms with Crippen molar-refractivity contribution in [2.75, 3.05) is 21.3 Å². The quantitative estimate of drug-likeness (QED) is 0.679. The van der Waals surface area contributed by atoms with Crippen LogP contribution in [-0.2, 0) is 0 Å². The predicted octanol–water partition coefficient (Wildman–Crippen LogP) is 3.02. The fourth-order valence-electron chi connectivity index (χ4n) is 2.75. The van der Waals surface area contributed by atoms with E-state index in [1.54, 1.807) is 7.11 Å². The van der Waals surface area contributed by atoms with Crippen molar-refractivity contribution in [1.29, 1.82) is 0 Å². The second-order valence-electron chi connectivity index (χ2n) is 5.88. The molecule has 144 valence electrons. The van der Waals surface area contributed by atoms with E-state index in [0.717, 1.165) is 11.1 Å². The summed E-state index contributed by atoms with van der Waals surface area (Å²) in [6, 6.07) is 18.4. The van der Waals surface area contributed by atoms with Gasteiger partial charge in [0.15, 0.2) is 0 Å². The van der Waals surface area contributed by atoms with Gasteiger partial charge in [-0.1, -0.05) is 42.5 Å². The minimum Gasteiger partial charge on any atom is -0.497 e. The number of carbonyl (C=O) groups excluding carboxylic acids is 1. The normalized spacial score (nSPS) is 11.4. The second kappa shape index (κ2) is 8.85. The molecule has 0 fully saturated rings. The van der Waals surface area contributed by atoms with Crippen molar-refractivity contribution in [3.8, 4) is 17.6 Å². The van der Waals surface area contributed by atoms with Crippen LogP contribution in [0.15, 0.2) is 60.7 Å². The summed E-state index contributed by atoms with van der Waals surface area (Å²) in [7, 11) is 4.50. The summed E-state index contributed by atoms with van der Waals surface area (Å²) in [5, 5.41) is 3.02. The Morgan fingerprint density at radius 2 is 1.61 bits per heavy atom. The van der Waals surface area contributed by atoms with Crippen LogP contribution in [0.2, 0.25) is 0 Å². The van der Waals surface area contributed by atoms with Crippen LogP contribution >= 0.6 is 0 Å². The van der Waals surface area contributed by atoms with Gasteiger partial charge in [0.25, 0.3) is 5.91 Å². The lowest BCUT2D eigenvalue weighted by Gasteiger charge is -2.20. The molecule has 1 amide bonds. The van der Waals surface area contributed by atoms with Crippen molar-refractivity contribution in [2.24, 2.45) is 0 Å². The van der Waals surface area contributed by atoms with Gasteiger partial charge in [0.05, 0.1) is 27.4 Å². The zero-order valence-corrected chi connectivity index (χ0v) is 15.9. The van der Waals surface area contributed by atoms with Crippen LogP contribution in [0.5, 0.6) is 17.6 Å². The summed E-state index contributed by atoms with van der Waals surface area (Å²) in [6.45, 7) is 0. The molecule has 7 nitrogen and oxygen atoms in total. The van der Waals surface area contributed by atoms with Gasteiger partial charge < -0.3 is 19.5 Å². The SMILES string of the molecule is COc1cccc(C(NC(=O)c2cc(OC)nc(OC)n2)c2ccccc2)c1. The van der Waals surface area contributed by atoms with E-state index in [0.29, 0.717) is 5.75 Å². The van der Waals surface area contributed by atoms with E-state index in [2.05, 4.69) is 15.3 Å². The molecule has 2 aromatic carbocycles. The molecule has 0 bridgehead atoms. The van der Waals surface area contributed by atoms with Crippen LogP contribution in [0, 0.1) is 0 Å². The lowest BCUT2D eigenvalue weighted by molar-refractivity contribution is 0.0936. The van der Waals surface area contributed by atoms with E-state index in [4.69, 9.17) is 14.2 Å². The number of hydrogen-bond acceptors (Lipinski definition) is 6. The molecule has 0 aliphatic carbocycles. The minimum atomic E-state index is -0.393. The zero-order valence-electron chi connectivity index (χ0n) is 15.9. The van der Waals surface area contributed by atoms with Gasteiger partial charge in [-0.2, -0.15) is 9.97 Å². The summed E-state index contributed by atoms with van der Waals surface area (Å²) in [5.41, 5.74) is 1.96. The number of hydrogen-bond donors (Lipinski definition) is 1. The standard InChI is InChI=1S/C21H21N3O4/c1-26-16-11-7-10-15(12-16)19(14-8-5-4-6-9-14)24-20(25)17-13-18(27-2)23-21(22-17)28-3/h4-13,19H,1-3H3,(H,24,25). The van der Waals surface area contributed by atoms with Crippen molar-refractivity contribution in [3.63, 3.8) is 0 Å². The van der Waals surface area contributed by atoms with Crippen LogP contribution in [0.4, 0.5) is 0 Å². The van der Waals surface area contributed by atoms with Crippen LogP contribution in [0.25, 0.3) is 0 Å².